The Balaban J connectivity index is 2.24. The van der Waals surface area contributed by atoms with Crippen LogP contribution >= 0.6 is 11.8 Å². The summed E-state index contributed by atoms with van der Waals surface area (Å²) in [5.41, 5.74) is -0.866. The molecule has 0 radical (unpaired) electrons. The summed E-state index contributed by atoms with van der Waals surface area (Å²) in [5, 5.41) is -0.812. The second kappa shape index (κ2) is 7.26. The molecule has 1 aliphatic carbocycles. The fourth-order valence-electron chi connectivity index (χ4n) is 2.68. The number of hydrogen-bond donors (Lipinski definition) is 0. The van der Waals surface area contributed by atoms with Crippen molar-refractivity contribution >= 4 is 34.5 Å². The largest absolute Gasteiger partial charge is 0.465 e. The number of nitrogens with zero attached hydrogens (tertiary/aromatic N) is 4. The van der Waals surface area contributed by atoms with Gasteiger partial charge in [-0.1, -0.05) is 11.8 Å². The van der Waals surface area contributed by atoms with Crippen molar-refractivity contribution in [3.8, 4) is 0 Å². The Kier molecular flexibility index (Phi) is 5.18. The standard InChI is InChI=1S/C17H20N4O5S/c1-5-26-16(24)11(8(2)22)27-14-10-13(18-12(19-14)9-6-7-9)20(3)17(25)21(4)15(10)23/h9,11H,5-7H2,1-4H3/t11-/m1/s1. The lowest BCUT2D eigenvalue weighted by Crippen LogP contribution is -2.38. The third kappa shape index (κ3) is 3.53. The van der Waals surface area contributed by atoms with Gasteiger partial charge in [0, 0.05) is 20.0 Å². The van der Waals surface area contributed by atoms with Crippen molar-refractivity contribution in [2.24, 2.45) is 14.1 Å². The Morgan fingerprint density at radius 3 is 2.44 bits per heavy atom. The smallest absolute Gasteiger partial charge is 0.332 e. The van der Waals surface area contributed by atoms with Crippen LogP contribution < -0.4 is 11.2 Å². The molecule has 0 N–H and O–H groups in total. The molecule has 1 saturated carbocycles. The Morgan fingerprint density at radius 2 is 1.89 bits per heavy atom. The second-order valence-electron chi connectivity index (χ2n) is 6.43. The molecule has 27 heavy (non-hydrogen) atoms. The minimum Gasteiger partial charge on any atom is -0.465 e. The summed E-state index contributed by atoms with van der Waals surface area (Å²) >= 11 is 0.867. The van der Waals surface area contributed by atoms with E-state index in [1.54, 1.807) is 6.92 Å². The van der Waals surface area contributed by atoms with Crippen LogP contribution in [0.25, 0.3) is 11.0 Å². The van der Waals surface area contributed by atoms with E-state index in [9.17, 15) is 19.2 Å². The highest BCUT2D eigenvalue weighted by molar-refractivity contribution is 8.01. The van der Waals surface area contributed by atoms with Gasteiger partial charge in [-0.15, -0.1) is 0 Å². The topological polar surface area (TPSA) is 113 Å². The molecule has 0 spiro atoms. The van der Waals surface area contributed by atoms with Crippen molar-refractivity contribution in [2.75, 3.05) is 6.61 Å². The number of ether oxygens (including phenoxy) is 1. The van der Waals surface area contributed by atoms with Gasteiger partial charge in [0.05, 0.1) is 6.61 Å². The lowest BCUT2D eigenvalue weighted by Gasteiger charge is -2.15. The molecular formula is C17H20N4O5S. The molecule has 1 aliphatic rings. The number of esters is 1. The zero-order valence-corrected chi connectivity index (χ0v) is 16.3. The maximum atomic E-state index is 12.7. The normalized spacial score (nSPS) is 15.0. The summed E-state index contributed by atoms with van der Waals surface area (Å²) < 4.78 is 7.21. The molecule has 0 aliphatic heterocycles. The highest BCUT2D eigenvalue weighted by atomic mass is 32.2. The van der Waals surface area contributed by atoms with Gasteiger partial charge in [0.2, 0.25) is 0 Å². The van der Waals surface area contributed by atoms with Crippen molar-refractivity contribution in [2.45, 2.75) is 42.9 Å². The first kappa shape index (κ1) is 19.3. The van der Waals surface area contributed by atoms with E-state index in [4.69, 9.17) is 4.74 Å². The van der Waals surface area contributed by atoms with E-state index in [1.165, 1.54) is 25.6 Å². The molecule has 144 valence electrons. The number of rotatable bonds is 6. The highest BCUT2D eigenvalue weighted by Gasteiger charge is 2.32. The van der Waals surface area contributed by atoms with Crippen LogP contribution in [0.2, 0.25) is 0 Å². The molecule has 2 heterocycles. The van der Waals surface area contributed by atoms with E-state index in [-0.39, 0.29) is 28.6 Å². The molecule has 3 rings (SSSR count). The average molecular weight is 392 g/mol. The monoisotopic (exact) mass is 392 g/mol. The predicted octanol–water partition coefficient (Wildman–Crippen LogP) is 0.517. The maximum Gasteiger partial charge on any atom is 0.332 e. The van der Waals surface area contributed by atoms with E-state index in [2.05, 4.69) is 9.97 Å². The SMILES string of the molecule is CCOC(=O)[C@H](Sc1nc(C2CC2)nc2c1c(=O)n(C)c(=O)n2C)C(C)=O. The Bertz CT molecular complexity index is 1050. The van der Waals surface area contributed by atoms with E-state index >= 15 is 0 Å². The van der Waals surface area contributed by atoms with Gasteiger partial charge in [-0.05, 0) is 26.7 Å². The fourth-order valence-corrected chi connectivity index (χ4v) is 3.68. The molecule has 0 saturated heterocycles. The molecule has 0 bridgehead atoms. The van der Waals surface area contributed by atoms with Gasteiger partial charge in [0.25, 0.3) is 5.56 Å². The predicted molar refractivity (Wildman–Crippen MR) is 99.0 cm³/mol. The number of Topliss-reactive ketones (excluding diaryl/α,β-unsaturated/α-hetero) is 1. The van der Waals surface area contributed by atoms with Gasteiger partial charge in [0.15, 0.2) is 16.7 Å². The minimum absolute atomic E-state index is 0.115. The van der Waals surface area contributed by atoms with Crippen LogP contribution in [0.3, 0.4) is 0 Å². The van der Waals surface area contributed by atoms with Gasteiger partial charge in [-0.25, -0.2) is 14.8 Å². The van der Waals surface area contributed by atoms with Crippen LogP contribution in [-0.2, 0) is 28.4 Å². The summed E-state index contributed by atoms with van der Waals surface area (Å²) in [4.78, 5) is 58.1. The van der Waals surface area contributed by atoms with Crippen LogP contribution in [0.4, 0.5) is 0 Å². The summed E-state index contributed by atoms with van der Waals surface area (Å²) in [5.74, 6) is -0.415. The number of fused-ring (bicyclic) bond motifs is 1. The van der Waals surface area contributed by atoms with E-state index < -0.39 is 28.3 Å². The summed E-state index contributed by atoms with van der Waals surface area (Å²) in [6.45, 7) is 3.07. The minimum atomic E-state index is -1.14. The molecule has 1 atom stereocenters. The Morgan fingerprint density at radius 1 is 1.22 bits per heavy atom. The molecular weight excluding hydrogens is 372 g/mol. The Hall–Kier alpha value is -2.49. The number of carbonyl (C=O) groups excluding carboxylic acids is 2. The van der Waals surface area contributed by atoms with Crippen molar-refractivity contribution in [3.63, 3.8) is 0 Å². The molecule has 10 heteroatoms. The second-order valence-corrected chi connectivity index (χ2v) is 7.52. The van der Waals surface area contributed by atoms with Crippen molar-refractivity contribution in [1.29, 1.82) is 0 Å². The first-order valence-electron chi connectivity index (χ1n) is 8.57. The van der Waals surface area contributed by atoms with E-state index in [0.29, 0.717) is 5.82 Å². The van der Waals surface area contributed by atoms with Crippen molar-refractivity contribution < 1.29 is 14.3 Å². The first-order chi connectivity index (χ1) is 12.8. The quantitative estimate of drug-likeness (QED) is 0.303. The molecule has 0 amide bonds. The molecule has 1 fully saturated rings. The summed E-state index contributed by atoms with van der Waals surface area (Å²) in [6, 6.07) is 0. The number of thioether (sulfide) groups is 1. The lowest BCUT2D eigenvalue weighted by atomic mass is 10.3. The maximum absolute atomic E-state index is 12.7. The summed E-state index contributed by atoms with van der Waals surface area (Å²) in [6.07, 6.45) is 1.84. The number of ketones is 1. The summed E-state index contributed by atoms with van der Waals surface area (Å²) in [7, 11) is 2.89. The molecule has 0 unspecified atom stereocenters. The number of aryl methyl sites for hydroxylation is 1. The molecule has 0 aromatic carbocycles. The number of carbonyl (C=O) groups is 2. The van der Waals surface area contributed by atoms with E-state index in [0.717, 1.165) is 29.2 Å². The molecule has 2 aromatic heterocycles. The van der Waals surface area contributed by atoms with Crippen LogP contribution in [0.15, 0.2) is 14.6 Å². The van der Waals surface area contributed by atoms with Gasteiger partial charge in [0.1, 0.15) is 16.2 Å². The first-order valence-corrected chi connectivity index (χ1v) is 9.45. The average Bonchev–Trinajstić information content (AvgIpc) is 3.47. The van der Waals surface area contributed by atoms with E-state index in [1.807, 2.05) is 0 Å². The zero-order valence-electron chi connectivity index (χ0n) is 15.5. The van der Waals surface area contributed by atoms with Crippen LogP contribution in [0, 0.1) is 0 Å². The molecule has 2 aromatic rings. The van der Waals surface area contributed by atoms with Crippen LogP contribution in [0.1, 0.15) is 38.4 Å². The van der Waals surface area contributed by atoms with Crippen LogP contribution in [0.5, 0.6) is 0 Å². The fraction of sp³-hybridized carbons (Fsp3) is 0.529. The van der Waals surface area contributed by atoms with Gasteiger partial charge < -0.3 is 4.74 Å². The lowest BCUT2D eigenvalue weighted by molar-refractivity contribution is -0.144. The van der Waals surface area contributed by atoms with Crippen molar-refractivity contribution in [3.05, 3.63) is 26.7 Å². The molecule has 9 nitrogen and oxygen atoms in total. The Labute approximate surface area is 158 Å². The van der Waals surface area contributed by atoms with Gasteiger partial charge >= 0.3 is 11.7 Å². The number of hydrogen-bond acceptors (Lipinski definition) is 8. The van der Waals surface area contributed by atoms with Crippen molar-refractivity contribution in [1.82, 2.24) is 19.1 Å². The third-order valence-corrected chi connectivity index (χ3v) is 5.60. The zero-order chi connectivity index (χ0) is 19.9. The van der Waals surface area contributed by atoms with Crippen LogP contribution in [-0.4, -0.2) is 42.7 Å². The number of aromatic nitrogens is 4. The van der Waals surface area contributed by atoms with Gasteiger partial charge in [-0.3, -0.25) is 23.5 Å². The third-order valence-electron chi connectivity index (χ3n) is 4.33. The highest BCUT2D eigenvalue weighted by Crippen LogP contribution is 2.39. The van der Waals surface area contributed by atoms with Gasteiger partial charge in [-0.2, -0.15) is 0 Å².